The van der Waals surface area contributed by atoms with Crippen LogP contribution in [-0.2, 0) is 19.6 Å². The zero-order chi connectivity index (χ0) is 16.4. The molecule has 0 aromatic heterocycles. The van der Waals surface area contributed by atoms with E-state index in [4.69, 9.17) is 45.0 Å². The van der Waals surface area contributed by atoms with Crippen molar-refractivity contribution in [2.75, 3.05) is 13.1 Å². The molecule has 1 rings (SSSR count). The van der Waals surface area contributed by atoms with Crippen LogP contribution in [0, 0.1) is 0 Å². The maximum atomic E-state index is 12.3. The van der Waals surface area contributed by atoms with E-state index in [-0.39, 0.29) is 19.4 Å². The van der Waals surface area contributed by atoms with E-state index in [0.29, 0.717) is 0 Å². The first-order chi connectivity index (χ1) is 9.55. The quantitative estimate of drug-likeness (QED) is 0.783. The van der Waals surface area contributed by atoms with Crippen LogP contribution in [0.25, 0.3) is 0 Å². The van der Waals surface area contributed by atoms with Crippen LogP contribution in [0.3, 0.4) is 0 Å². The second kappa shape index (κ2) is 6.80. The number of nitrogens with zero attached hydrogens (tertiary/aromatic N) is 1. The summed E-state index contributed by atoms with van der Waals surface area (Å²) in [6, 6.07) is 2.20. The van der Waals surface area contributed by atoms with Crippen molar-refractivity contribution in [3.8, 4) is 0 Å². The number of sulfonamides is 1. The van der Waals surface area contributed by atoms with E-state index in [1.807, 2.05) is 0 Å². The van der Waals surface area contributed by atoms with Crippen LogP contribution in [0.5, 0.6) is 0 Å². The summed E-state index contributed by atoms with van der Waals surface area (Å²) in [6.45, 7) is -2.10. The van der Waals surface area contributed by atoms with Gasteiger partial charge in [0.2, 0.25) is 10.0 Å². The number of hydrogen-bond donors (Lipinski definition) is 2. The Morgan fingerprint density at radius 1 is 1.00 bits per heavy atom. The predicted octanol–water partition coefficient (Wildman–Crippen LogP) is 1.81. The highest BCUT2D eigenvalue weighted by Gasteiger charge is 2.32. The van der Waals surface area contributed by atoms with Gasteiger partial charge in [0.15, 0.2) is 0 Å². The lowest BCUT2D eigenvalue weighted by atomic mass is 10.4. The number of benzene rings is 1. The van der Waals surface area contributed by atoms with Gasteiger partial charge in [0.25, 0.3) is 0 Å². The maximum absolute atomic E-state index is 12.3. The molecule has 1 aromatic rings. The van der Waals surface area contributed by atoms with E-state index in [0.717, 1.165) is 12.1 Å². The summed E-state index contributed by atoms with van der Waals surface area (Å²) in [5, 5.41) is 16.8. The van der Waals surface area contributed by atoms with Crippen LogP contribution < -0.4 is 0 Å². The van der Waals surface area contributed by atoms with E-state index < -0.39 is 39.9 Å². The molecule has 0 atom stereocenters. The fourth-order valence-corrected chi connectivity index (χ4v) is 4.26. The van der Waals surface area contributed by atoms with Crippen LogP contribution in [-0.4, -0.2) is 48.0 Å². The number of halogens is 3. The first kappa shape index (κ1) is 18.0. The first-order valence-corrected chi connectivity index (χ1v) is 7.71. The van der Waals surface area contributed by atoms with E-state index in [9.17, 15) is 18.0 Å². The molecule has 2 N–H and O–H groups in total. The number of carboxylic acid groups (broad SMARTS) is 2. The highest BCUT2D eigenvalue weighted by Crippen LogP contribution is 2.34. The van der Waals surface area contributed by atoms with Crippen LogP contribution in [0.1, 0.15) is 0 Å². The van der Waals surface area contributed by atoms with Gasteiger partial charge >= 0.3 is 11.9 Å². The SMILES string of the molecule is O=C(O)CN(CC(=O)O)S(=O)(=O)c1c(Cl)cc(Cl)cc1Cl. The molecule has 7 nitrogen and oxygen atoms in total. The molecule has 0 saturated carbocycles. The average molecular weight is 377 g/mol. The molecule has 11 heteroatoms. The molecule has 0 aliphatic carbocycles. The minimum Gasteiger partial charge on any atom is -0.480 e. The zero-order valence-corrected chi connectivity index (χ0v) is 13.2. The summed E-state index contributed by atoms with van der Waals surface area (Å²) >= 11 is 17.2. The molecular weight excluding hydrogens is 369 g/mol. The zero-order valence-electron chi connectivity index (χ0n) is 10.1. The van der Waals surface area contributed by atoms with Gasteiger partial charge in [-0.2, -0.15) is 4.31 Å². The Morgan fingerprint density at radius 2 is 1.38 bits per heavy atom. The highest BCUT2D eigenvalue weighted by atomic mass is 35.5. The normalized spacial score (nSPS) is 11.6. The molecule has 0 heterocycles. The fourth-order valence-electron chi connectivity index (χ4n) is 1.43. The van der Waals surface area contributed by atoms with Crippen molar-refractivity contribution in [3.05, 3.63) is 27.2 Å². The maximum Gasteiger partial charge on any atom is 0.318 e. The van der Waals surface area contributed by atoms with Crippen LogP contribution in [0.15, 0.2) is 17.0 Å². The monoisotopic (exact) mass is 375 g/mol. The Morgan fingerprint density at radius 3 is 1.71 bits per heavy atom. The lowest BCUT2D eigenvalue weighted by Crippen LogP contribution is -2.39. The highest BCUT2D eigenvalue weighted by molar-refractivity contribution is 7.89. The number of rotatable bonds is 6. The fraction of sp³-hybridized carbons (Fsp3) is 0.200. The van der Waals surface area contributed by atoms with Gasteiger partial charge in [0, 0.05) is 5.02 Å². The third-order valence-corrected chi connectivity index (χ3v) is 5.12. The van der Waals surface area contributed by atoms with E-state index in [1.165, 1.54) is 0 Å². The number of hydrogen-bond acceptors (Lipinski definition) is 4. The van der Waals surface area contributed by atoms with Gasteiger partial charge in [-0.15, -0.1) is 0 Å². The molecule has 0 radical (unpaired) electrons. The van der Waals surface area contributed by atoms with Crippen molar-refractivity contribution in [1.29, 1.82) is 0 Å². The van der Waals surface area contributed by atoms with Crippen LogP contribution in [0.2, 0.25) is 15.1 Å². The number of carbonyl (C=O) groups is 2. The third kappa shape index (κ3) is 4.45. The van der Waals surface area contributed by atoms with Crippen molar-refractivity contribution < 1.29 is 28.2 Å². The molecular formula is C10H8Cl3NO6S. The molecule has 0 bridgehead atoms. The van der Waals surface area contributed by atoms with Crippen LogP contribution in [0.4, 0.5) is 0 Å². The molecule has 0 unspecified atom stereocenters. The second-order valence-electron chi connectivity index (χ2n) is 3.76. The van der Waals surface area contributed by atoms with Gasteiger partial charge in [-0.1, -0.05) is 34.8 Å². The smallest absolute Gasteiger partial charge is 0.318 e. The van der Waals surface area contributed by atoms with Crippen molar-refractivity contribution >= 4 is 56.8 Å². The molecule has 21 heavy (non-hydrogen) atoms. The lowest BCUT2D eigenvalue weighted by molar-refractivity contribution is -0.139. The van der Waals surface area contributed by atoms with Gasteiger partial charge in [0.05, 0.1) is 10.0 Å². The Hall–Kier alpha value is -1.06. The third-order valence-electron chi connectivity index (χ3n) is 2.18. The van der Waals surface area contributed by atoms with Crippen molar-refractivity contribution in [1.82, 2.24) is 4.31 Å². The van der Waals surface area contributed by atoms with Crippen molar-refractivity contribution in [2.45, 2.75) is 4.90 Å². The Kier molecular flexibility index (Phi) is 5.83. The number of aliphatic carboxylic acids is 2. The van der Waals surface area contributed by atoms with Gasteiger partial charge < -0.3 is 10.2 Å². The molecule has 1 aromatic carbocycles. The minimum atomic E-state index is -4.52. The summed E-state index contributed by atoms with van der Waals surface area (Å²) in [7, 11) is -4.52. The summed E-state index contributed by atoms with van der Waals surface area (Å²) < 4.78 is 24.9. The molecule has 0 amide bonds. The summed E-state index contributed by atoms with van der Waals surface area (Å²) in [5.41, 5.74) is 0. The summed E-state index contributed by atoms with van der Waals surface area (Å²) in [6.07, 6.45) is 0. The molecule has 0 aliphatic rings. The second-order valence-corrected chi connectivity index (χ2v) is 6.88. The van der Waals surface area contributed by atoms with Gasteiger partial charge in [-0.05, 0) is 12.1 Å². The van der Waals surface area contributed by atoms with Gasteiger partial charge in [-0.3, -0.25) is 9.59 Å². The summed E-state index contributed by atoms with van der Waals surface area (Å²) in [5.74, 6) is -3.05. The van der Waals surface area contributed by atoms with Crippen molar-refractivity contribution in [2.24, 2.45) is 0 Å². The lowest BCUT2D eigenvalue weighted by Gasteiger charge is -2.19. The van der Waals surface area contributed by atoms with Gasteiger partial charge in [0.1, 0.15) is 18.0 Å². The van der Waals surface area contributed by atoms with Gasteiger partial charge in [-0.25, -0.2) is 8.42 Å². The summed E-state index contributed by atoms with van der Waals surface area (Å²) in [4.78, 5) is 20.8. The van der Waals surface area contributed by atoms with E-state index in [2.05, 4.69) is 0 Å². The van der Waals surface area contributed by atoms with E-state index >= 15 is 0 Å². The largest absolute Gasteiger partial charge is 0.480 e. The Bertz CT molecular complexity index is 651. The molecule has 0 fully saturated rings. The van der Waals surface area contributed by atoms with E-state index in [1.54, 1.807) is 0 Å². The molecule has 116 valence electrons. The molecule has 0 aliphatic heterocycles. The molecule has 0 saturated heterocycles. The predicted molar refractivity (Wildman–Crippen MR) is 75.5 cm³/mol. The molecule has 0 spiro atoms. The Balaban J connectivity index is 3.42. The minimum absolute atomic E-state index is 0.0759. The number of carboxylic acids is 2. The standard InChI is InChI=1S/C10H8Cl3NO6S/c11-5-1-6(12)10(7(13)2-5)21(19,20)14(3-8(15)16)4-9(17)18/h1-2H,3-4H2,(H,15,16)(H,17,18). The first-order valence-electron chi connectivity index (χ1n) is 5.14. The van der Waals surface area contributed by atoms with Crippen molar-refractivity contribution in [3.63, 3.8) is 0 Å². The Labute approximate surface area is 134 Å². The topological polar surface area (TPSA) is 112 Å². The van der Waals surface area contributed by atoms with Crippen LogP contribution >= 0.6 is 34.8 Å². The average Bonchev–Trinajstić information content (AvgIpc) is 2.24.